The third-order valence-corrected chi connectivity index (χ3v) is 5.21. The molecule has 0 fully saturated rings. The summed E-state index contributed by atoms with van der Waals surface area (Å²) >= 11 is 0. The third kappa shape index (κ3) is 4.87. The van der Waals surface area contributed by atoms with E-state index in [1.165, 1.54) is 0 Å². The number of ether oxygens (including phenoxy) is 1. The van der Waals surface area contributed by atoms with Gasteiger partial charge in [0.25, 0.3) is 0 Å². The SMILES string of the molecule is O=C(CCc1cn[nH]c1)N1CCc2ccc(Oc3ccc(C(F)(F)F)c(F)c3)cc2C1. The summed E-state index contributed by atoms with van der Waals surface area (Å²) in [7, 11) is 0. The molecule has 2 aromatic carbocycles. The van der Waals surface area contributed by atoms with E-state index in [-0.39, 0.29) is 11.7 Å². The predicted octanol–water partition coefficient (Wildman–Crippen LogP) is 4.88. The van der Waals surface area contributed by atoms with Crippen molar-refractivity contribution in [2.75, 3.05) is 6.54 Å². The molecule has 5 nitrogen and oxygen atoms in total. The minimum atomic E-state index is -4.76. The zero-order chi connectivity index (χ0) is 22.0. The number of carbonyl (C=O) groups excluding carboxylic acids is 1. The molecule has 0 bridgehead atoms. The molecule has 1 aromatic heterocycles. The van der Waals surface area contributed by atoms with E-state index in [0.29, 0.717) is 50.2 Å². The standard InChI is InChI=1S/C22H19F4N3O2/c23-20-10-18(4-5-19(20)22(24,25)26)31-17-3-2-15-7-8-29(13-16(15)9-17)21(30)6-1-14-11-27-28-12-14/h2-5,9-12H,1,6-8,13H2,(H,27,28). The van der Waals surface area contributed by atoms with Gasteiger partial charge in [0.1, 0.15) is 17.3 Å². The third-order valence-electron chi connectivity index (χ3n) is 5.21. The van der Waals surface area contributed by atoms with Crippen LogP contribution in [0.1, 0.15) is 28.7 Å². The summed E-state index contributed by atoms with van der Waals surface area (Å²) in [6.07, 6.45) is 0.347. The normalized spacial score (nSPS) is 13.7. The number of aromatic amines is 1. The van der Waals surface area contributed by atoms with E-state index in [0.717, 1.165) is 22.8 Å². The summed E-state index contributed by atoms with van der Waals surface area (Å²) in [5.74, 6) is -1.03. The van der Waals surface area contributed by atoms with E-state index < -0.39 is 17.6 Å². The van der Waals surface area contributed by atoms with Gasteiger partial charge in [-0.1, -0.05) is 6.07 Å². The average molecular weight is 433 g/mol. The highest BCUT2D eigenvalue weighted by Crippen LogP contribution is 2.34. The summed E-state index contributed by atoms with van der Waals surface area (Å²) in [5.41, 5.74) is 1.60. The molecule has 9 heteroatoms. The maximum absolute atomic E-state index is 13.8. The van der Waals surface area contributed by atoms with Crippen LogP contribution in [0.2, 0.25) is 0 Å². The number of alkyl halides is 3. The lowest BCUT2D eigenvalue weighted by atomic mass is 9.99. The molecule has 0 saturated carbocycles. The van der Waals surface area contributed by atoms with Crippen molar-refractivity contribution < 1.29 is 27.1 Å². The van der Waals surface area contributed by atoms with Gasteiger partial charge in [0.2, 0.25) is 5.91 Å². The Morgan fingerprint density at radius 1 is 1.13 bits per heavy atom. The largest absolute Gasteiger partial charge is 0.457 e. The van der Waals surface area contributed by atoms with Gasteiger partial charge in [0.15, 0.2) is 0 Å². The average Bonchev–Trinajstić information content (AvgIpc) is 3.24. The molecule has 0 aliphatic carbocycles. The van der Waals surface area contributed by atoms with Crippen LogP contribution in [0.5, 0.6) is 11.5 Å². The number of aromatic nitrogens is 2. The van der Waals surface area contributed by atoms with E-state index in [9.17, 15) is 22.4 Å². The Kier molecular flexibility index (Phi) is 5.67. The number of amides is 1. The molecule has 1 aliphatic heterocycles. The lowest BCUT2D eigenvalue weighted by molar-refractivity contribution is -0.140. The van der Waals surface area contributed by atoms with Gasteiger partial charge in [0, 0.05) is 31.8 Å². The van der Waals surface area contributed by atoms with Crippen molar-refractivity contribution in [1.29, 1.82) is 0 Å². The summed E-state index contributed by atoms with van der Waals surface area (Å²) in [5, 5.41) is 6.58. The van der Waals surface area contributed by atoms with Gasteiger partial charge in [-0.3, -0.25) is 9.89 Å². The minimum absolute atomic E-state index is 0.0305. The maximum Gasteiger partial charge on any atom is 0.419 e. The number of carbonyl (C=O) groups is 1. The number of H-pyrrole nitrogens is 1. The number of nitrogens with one attached hydrogen (secondary N) is 1. The van der Waals surface area contributed by atoms with Crippen LogP contribution in [0.4, 0.5) is 17.6 Å². The molecule has 4 rings (SSSR count). The van der Waals surface area contributed by atoms with Gasteiger partial charge in [0.05, 0.1) is 11.8 Å². The van der Waals surface area contributed by atoms with Crippen LogP contribution in [0.3, 0.4) is 0 Å². The second-order valence-corrected chi connectivity index (χ2v) is 7.34. The van der Waals surface area contributed by atoms with Crippen molar-refractivity contribution in [3.63, 3.8) is 0 Å². The number of aryl methyl sites for hydroxylation is 1. The van der Waals surface area contributed by atoms with Gasteiger partial charge in [-0.25, -0.2) is 4.39 Å². The molecule has 162 valence electrons. The summed E-state index contributed by atoms with van der Waals surface area (Å²) < 4.78 is 57.5. The molecule has 0 atom stereocenters. The lowest BCUT2D eigenvalue weighted by Gasteiger charge is -2.29. The van der Waals surface area contributed by atoms with Crippen LogP contribution in [0.25, 0.3) is 0 Å². The van der Waals surface area contributed by atoms with Gasteiger partial charge < -0.3 is 9.64 Å². The first-order valence-electron chi connectivity index (χ1n) is 9.71. The van der Waals surface area contributed by atoms with E-state index in [1.807, 2.05) is 6.07 Å². The van der Waals surface area contributed by atoms with Crippen molar-refractivity contribution in [2.45, 2.75) is 32.0 Å². The topological polar surface area (TPSA) is 58.2 Å². The Morgan fingerprint density at radius 3 is 2.61 bits per heavy atom. The van der Waals surface area contributed by atoms with Crippen molar-refractivity contribution in [3.05, 3.63) is 76.9 Å². The number of rotatable bonds is 5. The summed E-state index contributed by atoms with van der Waals surface area (Å²) in [6, 6.07) is 7.73. The fraction of sp³-hybridized carbons (Fsp3) is 0.273. The van der Waals surface area contributed by atoms with Crippen LogP contribution in [0.15, 0.2) is 48.8 Å². The second kappa shape index (κ2) is 8.41. The van der Waals surface area contributed by atoms with Crippen molar-refractivity contribution in [2.24, 2.45) is 0 Å². The highest BCUT2D eigenvalue weighted by atomic mass is 19.4. The molecular weight excluding hydrogens is 414 g/mol. The fourth-order valence-electron chi connectivity index (χ4n) is 3.56. The van der Waals surface area contributed by atoms with E-state index >= 15 is 0 Å². The van der Waals surface area contributed by atoms with Crippen LogP contribution < -0.4 is 4.74 Å². The zero-order valence-electron chi connectivity index (χ0n) is 16.4. The second-order valence-electron chi connectivity index (χ2n) is 7.34. The molecule has 0 unspecified atom stereocenters. The minimum Gasteiger partial charge on any atom is -0.457 e. The Labute approximate surface area is 175 Å². The number of hydrogen-bond donors (Lipinski definition) is 1. The molecule has 0 saturated heterocycles. The summed E-state index contributed by atoms with van der Waals surface area (Å²) in [4.78, 5) is 14.3. The highest BCUT2D eigenvalue weighted by Gasteiger charge is 2.34. The molecule has 1 aliphatic rings. The van der Waals surface area contributed by atoms with Crippen LogP contribution in [-0.2, 0) is 30.4 Å². The van der Waals surface area contributed by atoms with Crippen molar-refractivity contribution >= 4 is 5.91 Å². The monoisotopic (exact) mass is 433 g/mol. The number of fused-ring (bicyclic) bond motifs is 1. The Balaban J connectivity index is 1.43. The van der Waals surface area contributed by atoms with Gasteiger partial charge in [-0.2, -0.15) is 18.3 Å². The molecule has 1 N–H and O–H groups in total. The molecule has 0 spiro atoms. The highest BCUT2D eigenvalue weighted by molar-refractivity contribution is 5.76. The van der Waals surface area contributed by atoms with E-state index in [2.05, 4.69) is 10.2 Å². The van der Waals surface area contributed by atoms with Crippen molar-refractivity contribution in [1.82, 2.24) is 15.1 Å². The van der Waals surface area contributed by atoms with E-state index in [4.69, 9.17) is 4.74 Å². The molecule has 31 heavy (non-hydrogen) atoms. The molecular formula is C22H19F4N3O2. The molecule has 2 heterocycles. The maximum atomic E-state index is 13.8. The smallest absolute Gasteiger partial charge is 0.419 e. The van der Waals surface area contributed by atoms with Crippen LogP contribution in [0, 0.1) is 5.82 Å². The number of benzene rings is 2. The van der Waals surface area contributed by atoms with Gasteiger partial charge in [-0.15, -0.1) is 0 Å². The summed E-state index contributed by atoms with van der Waals surface area (Å²) in [6.45, 7) is 1.03. The fourth-order valence-corrected chi connectivity index (χ4v) is 3.56. The quantitative estimate of drug-likeness (QED) is 0.584. The number of nitrogens with zero attached hydrogens (tertiary/aromatic N) is 2. The zero-order valence-corrected chi connectivity index (χ0v) is 16.4. The molecule has 3 aromatic rings. The first-order valence-corrected chi connectivity index (χ1v) is 9.71. The lowest BCUT2D eigenvalue weighted by Crippen LogP contribution is -2.36. The van der Waals surface area contributed by atoms with Crippen LogP contribution in [-0.4, -0.2) is 27.5 Å². The first kappa shape index (κ1) is 20.9. The number of halogens is 4. The van der Waals surface area contributed by atoms with Crippen molar-refractivity contribution in [3.8, 4) is 11.5 Å². The van der Waals surface area contributed by atoms with Gasteiger partial charge >= 0.3 is 6.18 Å². The Bertz CT molecular complexity index is 1080. The molecule has 1 amide bonds. The predicted molar refractivity (Wildman–Crippen MR) is 104 cm³/mol. The van der Waals surface area contributed by atoms with Crippen LogP contribution >= 0.6 is 0 Å². The Hall–Kier alpha value is -3.36. The Morgan fingerprint density at radius 2 is 1.90 bits per heavy atom. The van der Waals surface area contributed by atoms with Gasteiger partial charge in [-0.05, 0) is 53.8 Å². The first-order chi connectivity index (χ1) is 14.8. The van der Waals surface area contributed by atoms with E-state index in [1.54, 1.807) is 29.4 Å². The number of hydrogen-bond acceptors (Lipinski definition) is 3. The molecule has 0 radical (unpaired) electrons.